The summed E-state index contributed by atoms with van der Waals surface area (Å²) in [6.07, 6.45) is 1.15. The highest BCUT2D eigenvalue weighted by Crippen LogP contribution is 2.24. The van der Waals surface area contributed by atoms with Crippen molar-refractivity contribution in [3.8, 4) is 5.75 Å². The van der Waals surface area contributed by atoms with Gasteiger partial charge in [0.25, 0.3) is 6.47 Å². The number of hydrogen-bond donors (Lipinski definition) is 5. The van der Waals surface area contributed by atoms with E-state index in [1.165, 1.54) is 30.5 Å². The Kier molecular flexibility index (Phi) is 6.93. The molecule has 1 aromatic heterocycles. The topological polar surface area (TPSA) is 172 Å². The Balaban J connectivity index is 2.17. The largest absolute Gasteiger partial charge is 0.548 e. The molecule has 1 aromatic carbocycles. The van der Waals surface area contributed by atoms with Crippen molar-refractivity contribution in [2.24, 2.45) is 0 Å². The molecule has 0 radical (unpaired) electrons. The van der Waals surface area contributed by atoms with E-state index in [2.05, 4.69) is 15.0 Å². The van der Waals surface area contributed by atoms with E-state index in [1.54, 1.807) is 6.07 Å². The summed E-state index contributed by atoms with van der Waals surface area (Å²) in [5, 5.41) is 31.7. The van der Waals surface area contributed by atoms with E-state index in [0.29, 0.717) is 11.4 Å². The van der Waals surface area contributed by atoms with Crippen LogP contribution in [0.3, 0.4) is 0 Å². The van der Waals surface area contributed by atoms with E-state index in [0.717, 1.165) is 0 Å². The second kappa shape index (κ2) is 9.37. The second-order valence-electron chi connectivity index (χ2n) is 5.89. The molecular formula is C17H18BN3O7. The number of carboxylic acid groups (broad SMARTS) is 1. The van der Waals surface area contributed by atoms with E-state index in [1.807, 2.05) is 0 Å². The molecule has 2 aromatic rings. The first-order valence-electron chi connectivity index (χ1n) is 8.13. The molecule has 0 bridgehead atoms. The number of rotatable bonds is 9. The fraction of sp³-hybridized carbons (Fsp3) is 0.176. The van der Waals surface area contributed by atoms with Gasteiger partial charge in [-0.15, -0.1) is 0 Å². The van der Waals surface area contributed by atoms with Crippen LogP contribution >= 0.6 is 0 Å². The van der Waals surface area contributed by atoms with Crippen LogP contribution in [0.5, 0.6) is 5.75 Å². The number of phenols is 1. The molecule has 1 atom stereocenters. The first kappa shape index (κ1) is 20.7. The molecule has 1 heterocycles. The number of aromatic hydroxyl groups is 1. The minimum Gasteiger partial charge on any atom is -0.511 e. The maximum atomic E-state index is 12.3. The van der Waals surface area contributed by atoms with Crippen molar-refractivity contribution in [3.63, 3.8) is 0 Å². The summed E-state index contributed by atoms with van der Waals surface area (Å²) in [6.45, 7) is 0.0151. The van der Waals surface area contributed by atoms with E-state index in [9.17, 15) is 24.5 Å². The predicted molar refractivity (Wildman–Crippen MR) is 98.2 cm³/mol. The van der Waals surface area contributed by atoms with Gasteiger partial charge in [0.2, 0.25) is 5.91 Å². The molecule has 0 spiro atoms. The first-order valence-corrected chi connectivity index (χ1v) is 8.13. The lowest BCUT2D eigenvalue weighted by Crippen LogP contribution is -2.49. The zero-order valence-corrected chi connectivity index (χ0v) is 14.6. The van der Waals surface area contributed by atoms with Gasteiger partial charge in [0.1, 0.15) is 17.1 Å². The maximum absolute atomic E-state index is 12.3. The molecule has 2 rings (SSSR count). The average Bonchev–Trinajstić information content (AvgIpc) is 2.64. The van der Waals surface area contributed by atoms with Crippen molar-refractivity contribution in [2.75, 3.05) is 5.73 Å². The molecule has 0 unspecified atom stereocenters. The summed E-state index contributed by atoms with van der Waals surface area (Å²) in [5.74, 6) is -3.19. The van der Waals surface area contributed by atoms with Crippen molar-refractivity contribution < 1.29 is 34.3 Å². The Morgan fingerprint density at radius 2 is 2.07 bits per heavy atom. The second-order valence-corrected chi connectivity index (χ2v) is 5.89. The summed E-state index contributed by atoms with van der Waals surface area (Å²) in [5.41, 5.74) is 5.86. The first-order chi connectivity index (χ1) is 13.3. The van der Waals surface area contributed by atoms with Gasteiger partial charge in [0.15, 0.2) is 0 Å². The van der Waals surface area contributed by atoms with Crippen molar-refractivity contribution in [1.82, 2.24) is 10.3 Å². The number of nitrogens with two attached hydrogens (primary N) is 1. The molecule has 0 saturated carbocycles. The Bertz CT molecular complexity index is 860. The summed E-state index contributed by atoms with van der Waals surface area (Å²) in [6, 6.07) is 7.18. The van der Waals surface area contributed by atoms with Crippen molar-refractivity contribution in [3.05, 3.63) is 53.2 Å². The van der Waals surface area contributed by atoms with Crippen LogP contribution in [0.4, 0.5) is 5.82 Å². The van der Waals surface area contributed by atoms with E-state index in [-0.39, 0.29) is 30.4 Å². The Morgan fingerprint density at radius 3 is 2.68 bits per heavy atom. The van der Waals surface area contributed by atoms with Gasteiger partial charge >= 0.3 is 13.1 Å². The number of carbonyl (C=O) groups excluding carboxylic acids is 2. The fourth-order valence-electron chi connectivity index (χ4n) is 2.52. The van der Waals surface area contributed by atoms with Gasteiger partial charge in [-0.25, -0.2) is 9.78 Å². The smallest absolute Gasteiger partial charge is 0.511 e. The van der Waals surface area contributed by atoms with Gasteiger partial charge in [0.05, 0.1) is 12.4 Å². The number of para-hydroxylation sites is 1. The van der Waals surface area contributed by atoms with Crippen molar-refractivity contribution in [1.29, 1.82) is 0 Å². The summed E-state index contributed by atoms with van der Waals surface area (Å²) in [4.78, 5) is 37.8. The number of nitrogens with zero attached hydrogens (tertiary/aromatic N) is 1. The van der Waals surface area contributed by atoms with Gasteiger partial charge in [-0.2, -0.15) is 0 Å². The Hall–Kier alpha value is -3.60. The summed E-state index contributed by atoms with van der Waals surface area (Å²) >= 11 is 0. The van der Waals surface area contributed by atoms with E-state index >= 15 is 0 Å². The van der Waals surface area contributed by atoms with Crippen LogP contribution in [0, 0.1) is 0 Å². The molecule has 28 heavy (non-hydrogen) atoms. The zero-order chi connectivity index (χ0) is 20.7. The lowest BCUT2D eigenvalue weighted by atomic mass is 9.75. The lowest BCUT2D eigenvalue weighted by Gasteiger charge is -2.20. The minimum atomic E-state index is -1.71. The van der Waals surface area contributed by atoms with Gasteiger partial charge in [-0.05, 0) is 29.7 Å². The van der Waals surface area contributed by atoms with Crippen LogP contribution in [0.25, 0.3) is 0 Å². The zero-order valence-electron chi connectivity index (χ0n) is 14.6. The standard InChI is InChI=1S/C17H18BN3O7/c19-14-5-4-10(8-20-14)6-15(23)21-13(18(27)28-9-22)7-11-2-1-3-12(16(11)24)17(25)26/h1-5,8-9,13,24,27H,6-7H2,(H2,19,20)(H,21,23)(H,25,26)/t13-/m0/s1. The number of anilines is 1. The third-order valence-electron chi connectivity index (χ3n) is 3.89. The number of nitrogen functional groups attached to an aromatic ring is 1. The van der Waals surface area contributed by atoms with Crippen LogP contribution in [0.1, 0.15) is 21.5 Å². The van der Waals surface area contributed by atoms with E-state index in [4.69, 9.17) is 10.8 Å². The molecule has 0 saturated heterocycles. The number of carbonyl (C=O) groups is 3. The molecule has 0 aliphatic heterocycles. The van der Waals surface area contributed by atoms with Crippen molar-refractivity contribution in [2.45, 2.75) is 18.8 Å². The van der Waals surface area contributed by atoms with Gasteiger partial charge in [-0.1, -0.05) is 18.2 Å². The molecular weight excluding hydrogens is 369 g/mol. The number of aromatic carboxylic acids is 1. The highest BCUT2D eigenvalue weighted by molar-refractivity contribution is 6.47. The number of benzene rings is 1. The molecule has 11 heteroatoms. The molecule has 146 valence electrons. The number of hydrogen-bond acceptors (Lipinski definition) is 8. The molecule has 6 N–H and O–H groups in total. The van der Waals surface area contributed by atoms with Gasteiger partial charge in [0, 0.05) is 6.20 Å². The van der Waals surface area contributed by atoms with Gasteiger partial charge < -0.3 is 30.9 Å². The number of aromatic nitrogens is 1. The van der Waals surface area contributed by atoms with Crippen LogP contribution in [0.15, 0.2) is 36.5 Å². The third kappa shape index (κ3) is 5.45. The van der Waals surface area contributed by atoms with Crippen LogP contribution in [-0.4, -0.2) is 51.6 Å². The summed E-state index contributed by atoms with van der Waals surface area (Å²) in [7, 11) is -1.71. The monoisotopic (exact) mass is 387 g/mol. The number of nitrogens with one attached hydrogen (secondary N) is 1. The number of pyridine rings is 1. The molecule has 0 aliphatic carbocycles. The highest BCUT2D eigenvalue weighted by atomic mass is 16.6. The normalized spacial score (nSPS) is 11.3. The molecule has 0 aliphatic rings. The lowest BCUT2D eigenvalue weighted by molar-refractivity contribution is -0.123. The van der Waals surface area contributed by atoms with Crippen LogP contribution in [-0.2, 0) is 27.1 Å². The molecule has 0 fully saturated rings. The number of carboxylic acids is 1. The minimum absolute atomic E-state index is 0.0151. The SMILES string of the molecule is Nc1ccc(CC(=O)N[C@@H](Cc2cccc(C(=O)O)c2O)B(O)OC=O)cn1. The van der Waals surface area contributed by atoms with Crippen LogP contribution in [0.2, 0.25) is 0 Å². The Labute approximate surface area is 160 Å². The average molecular weight is 387 g/mol. The maximum Gasteiger partial charge on any atom is 0.548 e. The van der Waals surface area contributed by atoms with Gasteiger partial charge in [-0.3, -0.25) is 9.59 Å². The third-order valence-corrected chi connectivity index (χ3v) is 3.89. The quantitative estimate of drug-likeness (QED) is 0.282. The summed E-state index contributed by atoms with van der Waals surface area (Å²) < 4.78 is 4.49. The highest BCUT2D eigenvalue weighted by Gasteiger charge is 2.31. The Morgan fingerprint density at radius 1 is 1.32 bits per heavy atom. The number of amides is 1. The fourth-order valence-corrected chi connectivity index (χ4v) is 2.52. The van der Waals surface area contributed by atoms with E-state index < -0.39 is 30.7 Å². The van der Waals surface area contributed by atoms with Crippen molar-refractivity contribution >= 4 is 31.3 Å². The molecule has 1 amide bonds. The predicted octanol–water partition coefficient (Wildman–Crippen LogP) is -0.470. The van der Waals surface area contributed by atoms with Crippen LogP contribution < -0.4 is 11.1 Å². The molecule has 10 nitrogen and oxygen atoms in total.